The molecule has 1 saturated carbocycles. The molecule has 0 unspecified atom stereocenters. The van der Waals surface area contributed by atoms with Crippen molar-refractivity contribution in [3.05, 3.63) is 12.2 Å². The van der Waals surface area contributed by atoms with Gasteiger partial charge in [0.2, 0.25) is 5.91 Å². The van der Waals surface area contributed by atoms with Crippen molar-refractivity contribution < 1.29 is 4.79 Å². The van der Waals surface area contributed by atoms with Crippen molar-refractivity contribution in [2.75, 3.05) is 6.26 Å². The van der Waals surface area contributed by atoms with Crippen LogP contribution in [-0.2, 0) is 4.79 Å². The maximum atomic E-state index is 11.3. The Labute approximate surface area is 90.5 Å². The highest BCUT2D eigenvalue weighted by atomic mass is 32.2. The van der Waals surface area contributed by atoms with Gasteiger partial charge < -0.3 is 5.32 Å². The first-order valence-corrected chi connectivity index (χ1v) is 6.51. The zero-order valence-electron chi connectivity index (χ0n) is 8.95. The van der Waals surface area contributed by atoms with Gasteiger partial charge >= 0.3 is 0 Å². The number of hydrogen-bond acceptors (Lipinski definition) is 2. The molecule has 0 atom stereocenters. The second-order valence-electron chi connectivity index (χ2n) is 3.72. The van der Waals surface area contributed by atoms with E-state index >= 15 is 0 Å². The van der Waals surface area contributed by atoms with Crippen molar-refractivity contribution >= 4 is 17.7 Å². The van der Waals surface area contributed by atoms with Crippen LogP contribution >= 0.6 is 11.8 Å². The normalized spacial score (nSPS) is 27.9. The molecule has 0 aromatic rings. The molecule has 0 heterocycles. The van der Waals surface area contributed by atoms with Crippen LogP contribution in [0.15, 0.2) is 12.2 Å². The lowest BCUT2D eigenvalue weighted by atomic mass is 9.95. The lowest BCUT2D eigenvalue weighted by Gasteiger charge is -2.27. The summed E-state index contributed by atoms with van der Waals surface area (Å²) in [6.45, 7) is 1.87. The van der Waals surface area contributed by atoms with Crippen LogP contribution in [0.3, 0.4) is 0 Å². The van der Waals surface area contributed by atoms with Crippen molar-refractivity contribution in [2.24, 2.45) is 0 Å². The monoisotopic (exact) mass is 213 g/mol. The van der Waals surface area contributed by atoms with E-state index in [2.05, 4.69) is 11.6 Å². The SMILES string of the molecule is C/C=C/C(=O)NC1CCC(SC)CC1. The molecule has 14 heavy (non-hydrogen) atoms. The minimum Gasteiger partial charge on any atom is -0.350 e. The maximum absolute atomic E-state index is 11.3. The number of hydrogen-bond donors (Lipinski definition) is 1. The standard InChI is InChI=1S/C11H19NOS/c1-3-4-11(13)12-9-5-7-10(14-2)8-6-9/h3-4,9-10H,5-8H2,1-2H3,(H,12,13)/b4-3+. The molecule has 1 amide bonds. The minimum absolute atomic E-state index is 0.0556. The molecule has 80 valence electrons. The predicted octanol–water partition coefficient (Wildman–Crippen LogP) is 2.35. The highest BCUT2D eigenvalue weighted by molar-refractivity contribution is 7.99. The second-order valence-corrected chi connectivity index (χ2v) is 4.86. The van der Waals surface area contributed by atoms with Crippen LogP contribution in [0.1, 0.15) is 32.6 Å². The van der Waals surface area contributed by atoms with E-state index in [1.54, 1.807) is 12.2 Å². The second kappa shape index (κ2) is 6.12. The van der Waals surface area contributed by atoms with Crippen LogP contribution in [-0.4, -0.2) is 23.5 Å². The zero-order chi connectivity index (χ0) is 10.4. The number of thioether (sulfide) groups is 1. The molecule has 1 aliphatic rings. The van der Waals surface area contributed by atoms with Gasteiger partial charge in [-0.15, -0.1) is 0 Å². The van der Waals surface area contributed by atoms with Gasteiger partial charge in [0.1, 0.15) is 0 Å². The van der Waals surface area contributed by atoms with Crippen molar-refractivity contribution in [1.29, 1.82) is 0 Å². The molecule has 0 radical (unpaired) electrons. The van der Waals surface area contributed by atoms with Crippen LogP contribution in [0.5, 0.6) is 0 Å². The van der Waals surface area contributed by atoms with E-state index in [1.807, 2.05) is 18.7 Å². The highest BCUT2D eigenvalue weighted by Gasteiger charge is 2.20. The number of carbonyl (C=O) groups is 1. The smallest absolute Gasteiger partial charge is 0.243 e. The first-order chi connectivity index (χ1) is 6.76. The van der Waals surface area contributed by atoms with E-state index < -0.39 is 0 Å². The molecule has 0 aliphatic heterocycles. The molecule has 3 heteroatoms. The maximum Gasteiger partial charge on any atom is 0.243 e. The molecule has 0 spiro atoms. The fourth-order valence-electron chi connectivity index (χ4n) is 1.84. The Morgan fingerprint density at radius 2 is 2.00 bits per heavy atom. The molecule has 2 nitrogen and oxygen atoms in total. The number of rotatable bonds is 3. The molecule has 0 aromatic carbocycles. The van der Waals surface area contributed by atoms with Crippen molar-refractivity contribution in [1.82, 2.24) is 5.32 Å². The molecule has 1 aliphatic carbocycles. The Morgan fingerprint density at radius 1 is 1.36 bits per heavy atom. The summed E-state index contributed by atoms with van der Waals surface area (Å²) < 4.78 is 0. The minimum atomic E-state index is 0.0556. The van der Waals surface area contributed by atoms with E-state index in [-0.39, 0.29) is 5.91 Å². The van der Waals surface area contributed by atoms with E-state index in [4.69, 9.17) is 0 Å². The van der Waals surface area contributed by atoms with Crippen LogP contribution < -0.4 is 5.32 Å². The third kappa shape index (κ3) is 3.74. The number of carbonyl (C=O) groups excluding carboxylic acids is 1. The van der Waals surface area contributed by atoms with E-state index in [0.717, 1.165) is 18.1 Å². The van der Waals surface area contributed by atoms with Gasteiger partial charge in [-0.05, 0) is 44.9 Å². The summed E-state index contributed by atoms with van der Waals surface area (Å²) in [4.78, 5) is 11.3. The molecule has 1 rings (SSSR count). The summed E-state index contributed by atoms with van der Waals surface area (Å²) in [5.74, 6) is 0.0556. The average molecular weight is 213 g/mol. The first-order valence-electron chi connectivity index (χ1n) is 5.22. The molecular weight excluding hydrogens is 194 g/mol. The quantitative estimate of drug-likeness (QED) is 0.729. The third-order valence-corrected chi connectivity index (χ3v) is 3.81. The average Bonchev–Trinajstić information content (AvgIpc) is 2.19. The van der Waals surface area contributed by atoms with Gasteiger partial charge in [0.25, 0.3) is 0 Å². The third-order valence-electron chi connectivity index (χ3n) is 2.67. The Bertz CT molecular complexity index is 207. The Hall–Kier alpha value is -0.440. The van der Waals surface area contributed by atoms with Crippen molar-refractivity contribution in [3.63, 3.8) is 0 Å². The summed E-state index contributed by atoms with van der Waals surface area (Å²) in [6, 6.07) is 0.405. The van der Waals surface area contributed by atoms with Gasteiger partial charge in [-0.2, -0.15) is 11.8 Å². The van der Waals surface area contributed by atoms with Crippen LogP contribution in [0.4, 0.5) is 0 Å². The number of amides is 1. The van der Waals surface area contributed by atoms with Crippen LogP contribution in [0.2, 0.25) is 0 Å². The fraction of sp³-hybridized carbons (Fsp3) is 0.727. The van der Waals surface area contributed by atoms with Gasteiger partial charge in [0.15, 0.2) is 0 Å². The summed E-state index contributed by atoms with van der Waals surface area (Å²) in [5, 5.41) is 3.84. The molecular formula is C11H19NOS. The van der Waals surface area contributed by atoms with Crippen LogP contribution in [0.25, 0.3) is 0 Å². The van der Waals surface area contributed by atoms with Crippen molar-refractivity contribution in [2.45, 2.75) is 43.9 Å². The van der Waals surface area contributed by atoms with E-state index in [0.29, 0.717) is 6.04 Å². The van der Waals surface area contributed by atoms with Gasteiger partial charge in [-0.25, -0.2) is 0 Å². The lowest BCUT2D eigenvalue weighted by molar-refractivity contribution is -0.117. The molecule has 1 fully saturated rings. The number of nitrogens with one attached hydrogen (secondary N) is 1. The van der Waals surface area contributed by atoms with Gasteiger partial charge in [0, 0.05) is 11.3 Å². The van der Waals surface area contributed by atoms with Gasteiger partial charge in [0.05, 0.1) is 0 Å². The van der Waals surface area contributed by atoms with Gasteiger partial charge in [-0.1, -0.05) is 6.08 Å². The molecule has 1 N–H and O–H groups in total. The Morgan fingerprint density at radius 3 is 2.50 bits per heavy atom. The van der Waals surface area contributed by atoms with Gasteiger partial charge in [-0.3, -0.25) is 4.79 Å². The predicted molar refractivity (Wildman–Crippen MR) is 62.5 cm³/mol. The number of allylic oxidation sites excluding steroid dienone is 1. The topological polar surface area (TPSA) is 29.1 Å². The molecule has 0 saturated heterocycles. The van der Waals surface area contributed by atoms with Crippen molar-refractivity contribution in [3.8, 4) is 0 Å². The van der Waals surface area contributed by atoms with E-state index in [9.17, 15) is 4.79 Å². The summed E-state index contributed by atoms with van der Waals surface area (Å²) in [7, 11) is 0. The van der Waals surface area contributed by atoms with E-state index in [1.165, 1.54) is 12.8 Å². The fourth-order valence-corrected chi connectivity index (χ4v) is 2.59. The first kappa shape index (κ1) is 11.6. The lowest BCUT2D eigenvalue weighted by Crippen LogP contribution is -2.37. The summed E-state index contributed by atoms with van der Waals surface area (Å²) >= 11 is 1.95. The Kier molecular flexibility index (Phi) is 5.09. The highest BCUT2D eigenvalue weighted by Crippen LogP contribution is 2.26. The Balaban J connectivity index is 2.25. The largest absolute Gasteiger partial charge is 0.350 e. The summed E-state index contributed by atoms with van der Waals surface area (Å²) in [5.41, 5.74) is 0. The molecule has 0 aromatic heterocycles. The summed E-state index contributed by atoms with van der Waals surface area (Å²) in [6.07, 6.45) is 10.3. The van der Waals surface area contributed by atoms with Crippen LogP contribution in [0, 0.1) is 0 Å². The zero-order valence-corrected chi connectivity index (χ0v) is 9.77. The molecule has 0 bridgehead atoms.